The molecule has 0 saturated carbocycles. The van der Waals surface area contributed by atoms with Crippen molar-refractivity contribution < 1.29 is 14.3 Å². The van der Waals surface area contributed by atoms with Crippen LogP contribution in [0.25, 0.3) is 16.7 Å². The Bertz CT molecular complexity index is 1220. The summed E-state index contributed by atoms with van der Waals surface area (Å²) in [5.74, 6) is 1.65. The molecule has 2 bridgehead atoms. The Labute approximate surface area is 212 Å². The maximum atomic E-state index is 12.3. The molecule has 8 nitrogen and oxygen atoms in total. The van der Waals surface area contributed by atoms with Crippen molar-refractivity contribution in [3.05, 3.63) is 54.4 Å². The van der Waals surface area contributed by atoms with Gasteiger partial charge in [0.1, 0.15) is 17.7 Å². The summed E-state index contributed by atoms with van der Waals surface area (Å²) in [6.07, 6.45) is 8.71. The molecule has 3 atom stereocenters. The summed E-state index contributed by atoms with van der Waals surface area (Å²) in [6.45, 7) is 6.58. The van der Waals surface area contributed by atoms with Crippen molar-refractivity contribution in [3.8, 4) is 11.6 Å². The minimum atomic E-state index is 0.00195. The second-order valence-corrected chi connectivity index (χ2v) is 10.6. The number of pyridine rings is 1. The number of amides is 1. The van der Waals surface area contributed by atoms with Crippen LogP contribution in [-0.2, 0) is 4.74 Å². The summed E-state index contributed by atoms with van der Waals surface area (Å²) in [5, 5.41) is 1.01. The van der Waals surface area contributed by atoms with Crippen molar-refractivity contribution >= 4 is 16.8 Å². The van der Waals surface area contributed by atoms with Gasteiger partial charge in [-0.3, -0.25) is 14.6 Å². The lowest BCUT2D eigenvalue weighted by molar-refractivity contribution is -0.198. The van der Waals surface area contributed by atoms with E-state index in [0.717, 1.165) is 61.5 Å². The van der Waals surface area contributed by atoms with Crippen LogP contribution in [0.4, 0.5) is 0 Å². The molecule has 4 aliphatic heterocycles. The summed E-state index contributed by atoms with van der Waals surface area (Å²) in [4.78, 5) is 23.7. The Balaban J connectivity index is 1.06. The average Bonchev–Trinajstić information content (AvgIpc) is 3.31. The molecule has 0 spiro atoms. The normalized spacial score (nSPS) is 23.9. The number of benzene rings is 1. The van der Waals surface area contributed by atoms with E-state index in [2.05, 4.69) is 21.7 Å². The monoisotopic (exact) mass is 489 g/mol. The Morgan fingerprint density at radius 3 is 2.50 bits per heavy atom. The fourth-order valence-corrected chi connectivity index (χ4v) is 5.80. The van der Waals surface area contributed by atoms with Crippen LogP contribution in [0, 0.1) is 0 Å². The van der Waals surface area contributed by atoms with Gasteiger partial charge in [0.2, 0.25) is 0 Å². The Kier molecular flexibility index (Phi) is 6.19. The van der Waals surface area contributed by atoms with E-state index in [1.165, 1.54) is 6.42 Å². The summed E-state index contributed by atoms with van der Waals surface area (Å²) >= 11 is 0. The first-order chi connectivity index (χ1) is 17.4. The number of aromatic nitrogens is 2. The average molecular weight is 490 g/mol. The standard InChI is InChI=1S/C28H35N5O3/c1-19(32-17-24-15-25(18-32)36-24)31-11-9-22(10-12-31)35-23-5-7-27(29-16-23)33-13-8-20-14-21(4-6-26(20)33)28(34)30(2)3/h4-8,13-14,16,19,22,24-25H,9-12,15,17-18H2,1-3H3. The summed E-state index contributed by atoms with van der Waals surface area (Å²) in [6, 6.07) is 11.8. The molecule has 190 valence electrons. The molecule has 8 heteroatoms. The van der Waals surface area contributed by atoms with Gasteiger partial charge in [0, 0.05) is 63.8 Å². The SMILES string of the molecule is CC(N1CCC(Oc2ccc(-n3ccc4cc(C(=O)N(C)C)ccc43)nc2)CC1)N1CC2CC(C1)O2. The largest absolute Gasteiger partial charge is 0.489 e. The maximum Gasteiger partial charge on any atom is 0.253 e. The van der Waals surface area contributed by atoms with Crippen LogP contribution >= 0.6 is 0 Å². The Morgan fingerprint density at radius 1 is 1.08 bits per heavy atom. The number of piperidine rings is 2. The van der Waals surface area contributed by atoms with E-state index in [1.807, 2.05) is 53.4 Å². The second-order valence-electron chi connectivity index (χ2n) is 10.6. The molecule has 6 heterocycles. The van der Waals surface area contributed by atoms with Gasteiger partial charge in [-0.2, -0.15) is 0 Å². The zero-order valence-electron chi connectivity index (χ0n) is 21.3. The molecule has 1 amide bonds. The number of rotatable bonds is 6. The number of hydrogen-bond acceptors (Lipinski definition) is 6. The van der Waals surface area contributed by atoms with E-state index in [-0.39, 0.29) is 12.0 Å². The van der Waals surface area contributed by atoms with Gasteiger partial charge in [-0.15, -0.1) is 0 Å². The van der Waals surface area contributed by atoms with E-state index < -0.39 is 0 Å². The highest BCUT2D eigenvalue weighted by molar-refractivity contribution is 5.98. The zero-order chi connectivity index (χ0) is 24.8. The Morgan fingerprint density at radius 2 is 1.83 bits per heavy atom. The first kappa shape index (κ1) is 23.5. The molecule has 7 rings (SSSR count). The molecule has 3 unspecified atom stereocenters. The molecule has 0 aliphatic carbocycles. The minimum Gasteiger partial charge on any atom is -0.489 e. The van der Waals surface area contributed by atoms with E-state index in [1.54, 1.807) is 19.0 Å². The fourth-order valence-electron chi connectivity index (χ4n) is 5.80. The van der Waals surface area contributed by atoms with Crippen molar-refractivity contribution in [1.82, 2.24) is 24.3 Å². The Hall–Kier alpha value is -2.94. The molecule has 0 N–H and O–H groups in total. The van der Waals surface area contributed by atoms with Crippen molar-refractivity contribution in [3.63, 3.8) is 0 Å². The number of morpholine rings is 1. The van der Waals surface area contributed by atoms with Crippen molar-refractivity contribution in [2.45, 2.75) is 50.7 Å². The quantitative estimate of drug-likeness (QED) is 0.529. The summed E-state index contributed by atoms with van der Waals surface area (Å²) in [7, 11) is 3.53. The van der Waals surface area contributed by atoms with E-state index in [0.29, 0.717) is 23.9 Å². The van der Waals surface area contributed by atoms with Gasteiger partial charge in [0.25, 0.3) is 5.91 Å². The molecule has 1 aromatic carbocycles. The zero-order valence-corrected chi connectivity index (χ0v) is 21.3. The number of nitrogens with zero attached hydrogens (tertiary/aromatic N) is 5. The lowest BCUT2D eigenvalue weighted by Crippen LogP contribution is -2.62. The van der Waals surface area contributed by atoms with Gasteiger partial charge in [-0.25, -0.2) is 4.98 Å². The number of carbonyl (C=O) groups excluding carboxylic acids is 1. The predicted molar refractivity (Wildman–Crippen MR) is 139 cm³/mol. The third-order valence-electron chi connectivity index (χ3n) is 7.93. The lowest BCUT2D eigenvalue weighted by atomic mass is 9.98. The highest BCUT2D eigenvalue weighted by Gasteiger charge is 2.41. The van der Waals surface area contributed by atoms with Gasteiger partial charge >= 0.3 is 0 Å². The number of fused-ring (bicyclic) bond motifs is 3. The molecular weight excluding hydrogens is 454 g/mol. The third-order valence-corrected chi connectivity index (χ3v) is 7.93. The number of hydrogen-bond donors (Lipinski definition) is 0. The number of likely N-dealkylation sites (tertiary alicyclic amines) is 1. The molecule has 4 saturated heterocycles. The second kappa shape index (κ2) is 9.50. The van der Waals surface area contributed by atoms with Gasteiger partial charge in [0.15, 0.2) is 0 Å². The van der Waals surface area contributed by atoms with Crippen LogP contribution in [0.3, 0.4) is 0 Å². The maximum absolute atomic E-state index is 12.3. The third kappa shape index (κ3) is 4.49. The molecule has 2 aromatic heterocycles. The first-order valence-corrected chi connectivity index (χ1v) is 13.0. The number of carbonyl (C=O) groups is 1. The number of ether oxygens (including phenoxy) is 2. The molecule has 36 heavy (non-hydrogen) atoms. The van der Waals surface area contributed by atoms with Crippen LogP contribution in [0.15, 0.2) is 48.8 Å². The van der Waals surface area contributed by atoms with Crippen LogP contribution in [0.2, 0.25) is 0 Å². The molecule has 0 radical (unpaired) electrons. The predicted octanol–water partition coefficient (Wildman–Crippen LogP) is 3.39. The van der Waals surface area contributed by atoms with Gasteiger partial charge in [-0.05, 0) is 56.2 Å². The summed E-state index contributed by atoms with van der Waals surface area (Å²) in [5.41, 5.74) is 1.70. The van der Waals surface area contributed by atoms with Gasteiger partial charge in [0.05, 0.1) is 30.1 Å². The molecule has 3 aromatic rings. The highest BCUT2D eigenvalue weighted by atomic mass is 16.5. The van der Waals surface area contributed by atoms with E-state index >= 15 is 0 Å². The lowest BCUT2D eigenvalue weighted by Gasteiger charge is -2.51. The smallest absolute Gasteiger partial charge is 0.253 e. The van der Waals surface area contributed by atoms with Gasteiger partial charge < -0.3 is 18.9 Å². The van der Waals surface area contributed by atoms with Gasteiger partial charge in [-0.1, -0.05) is 0 Å². The minimum absolute atomic E-state index is 0.00195. The van der Waals surface area contributed by atoms with E-state index in [4.69, 9.17) is 9.47 Å². The molecule has 4 aliphatic rings. The topological polar surface area (TPSA) is 63.1 Å². The van der Waals surface area contributed by atoms with Crippen molar-refractivity contribution in [1.29, 1.82) is 0 Å². The molecule has 4 fully saturated rings. The van der Waals surface area contributed by atoms with Crippen LogP contribution in [-0.4, -0.2) is 94.9 Å². The fraction of sp³-hybridized carbons (Fsp3) is 0.500. The van der Waals surface area contributed by atoms with Crippen LogP contribution < -0.4 is 4.74 Å². The van der Waals surface area contributed by atoms with E-state index in [9.17, 15) is 4.79 Å². The first-order valence-electron chi connectivity index (χ1n) is 13.0. The van der Waals surface area contributed by atoms with Crippen molar-refractivity contribution in [2.24, 2.45) is 0 Å². The van der Waals surface area contributed by atoms with Crippen LogP contribution in [0.1, 0.15) is 36.5 Å². The highest BCUT2D eigenvalue weighted by Crippen LogP contribution is 2.30. The van der Waals surface area contributed by atoms with Crippen LogP contribution in [0.5, 0.6) is 5.75 Å². The van der Waals surface area contributed by atoms with Crippen molar-refractivity contribution in [2.75, 3.05) is 40.3 Å². The summed E-state index contributed by atoms with van der Waals surface area (Å²) < 4.78 is 14.1. The molecular formula is C28H35N5O3.